The number of aromatic amines is 1. The van der Waals surface area contributed by atoms with Gasteiger partial charge in [-0.2, -0.15) is 5.10 Å². The van der Waals surface area contributed by atoms with Crippen molar-refractivity contribution < 1.29 is 14.3 Å². The number of rotatable bonds is 7. The number of H-pyrrole nitrogens is 1. The third-order valence-electron chi connectivity index (χ3n) is 4.48. The normalized spacial score (nSPS) is 10.5. The van der Waals surface area contributed by atoms with E-state index in [4.69, 9.17) is 21.1 Å². The number of pyridine rings is 1. The van der Waals surface area contributed by atoms with E-state index in [1.54, 1.807) is 55.9 Å². The summed E-state index contributed by atoms with van der Waals surface area (Å²) in [5.74, 6) is 0.740. The minimum Gasteiger partial charge on any atom is -0.493 e. The Labute approximate surface area is 184 Å². The van der Waals surface area contributed by atoms with Gasteiger partial charge >= 0.3 is 0 Å². The monoisotopic (exact) mass is 434 g/mol. The van der Waals surface area contributed by atoms with E-state index in [1.807, 2.05) is 24.3 Å². The molecule has 156 valence electrons. The van der Waals surface area contributed by atoms with Gasteiger partial charge in [0.2, 0.25) is 0 Å². The number of nitrogens with one attached hydrogen (secondary N) is 2. The average Bonchev–Trinajstić information content (AvgIpc) is 3.29. The number of ether oxygens (including phenoxy) is 2. The molecule has 0 radical (unpaired) electrons. The first-order valence-electron chi connectivity index (χ1n) is 9.45. The molecule has 0 saturated heterocycles. The molecule has 1 amide bonds. The van der Waals surface area contributed by atoms with E-state index in [9.17, 15) is 4.79 Å². The minimum atomic E-state index is -0.329. The van der Waals surface area contributed by atoms with Gasteiger partial charge in [0.25, 0.3) is 5.91 Å². The number of halogens is 1. The van der Waals surface area contributed by atoms with E-state index in [2.05, 4.69) is 20.5 Å². The molecule has 2 aromatic carbocycles. The maximum Gasteiger partial charge on any atom is 0.273 e. The van der Waals surface area contributed by atoms with Crippen molar-refractivity contribution in [2.75, 3.05) is 12.4 Å². The zero-order chi connectivity index (χ0) is 21.6. The van der Waals surface area contributed by atoms with E-state index in [1.165, 1.54) is 0 Å². The van der Waals surface area contributed by atoms with Gasteiger partial charge in [-0.15, -0.1) is 0 Å². The van der Waals surface area contributed by atoms with Crippen LogP contribution in [0, 0.1) is 0 Å². The van der Waals surface area contributed by atoms with Crippen LogP contribution >= 0.6 is 11.6 Å². The summed E-state index contributed by atoms with van der Waals surface area (Å²) in [5.41, 5.74) is 3.25. The Bertz CT molecular complexity index is 1190. The molecule has 0 aliphatic heterocycles. The maximum atomic E-state index is 12.7. The van der Waals surface area contributed by atoms with Crippen LogP contribution in [0.3, 0.4) is 0 Å². The van der Waals surface area contributed by atoms with Crippen LogP contribution in [0.25, 0.3) is 11.3 Å². The number of carbonyl (C=O) groups excluding carboxylic acids is 1. The molecule has 0 aliphatic rings. The van der Waals surface area contributed by atoms with E-state index in [0.29, 0.717) is 40.2 Å². The fourth-order valence-corrected chi connectivity index (χ4v) is 3.13. The summed E-state index contributed by atoms with van der Waals surface area (Å²) in [6.45, 7) is 0.325. The van der Waals surface area contributed by atoms with Gasteiger partial charge in [0.15, 0.2) is 11.5 Å². The molecule has 4 aromatic rings. The van der Waals surface area contributed by atoms with Crippen LogP contribution in [0.4, 0.5) is 5.69 Å². The molecule has 2 N–H and O–H groups in total. The van der Waals surface area contributed by atoms with Gasteiger partial charge < -0.3 is 14.8 Å². The Morgan fingerprint density at radius 3 is 2.77 bits per heavy atom. The topological polar surface area (TPSA) is 89.1 Å². The number of hydrogen-bond donors (Lipinski definition) is 2. The van der Waals surface area contributed by atoms with Crippen molar-refractivity contribution in [3.63, 3.8) is 0 Å². The fraction of sp³-hybridized carbons (Fsp3) is 0.0870. The number of anilines is 1. The first-order chi connectivity index (χ1) is 15.1. The highest BCUT2D eigenvalue weighted by molar-refractivity contribution is 6.30. The summed E-state index contributed by atoms with van der Waals surface area (Å²) in [4.78, 5) is 16.8. The highest BCUT2D eigenvalue weighted by atomic mass is 35.5. The van der Waals surface area contributed by atoms with Gasteiger partial charge in [-0.25, -0.2) is 0 Å². The Morgan fingerprint density at radius 1 is 1.10 bits per heavy atom. The molecule has 0 aliphatic carbocycles. The van der Waals surface area contributed by atoms with E-state index >= 15 is 0 Å². The summed E-state index contributed by atoms with van der Waals surface area (Å²) in [7, 11) is 1.56. The summed E-state index contributed by atoms with van der Waals surface area (Å²) in [6, 6.07) is 17.9. The Kier molecular flexibility index (Phi) is 6.14. The van der Waals surface area contributed by atoms with Crippen molar-refractivity contribution in [2.45, 2.75) is 6.61 Å². The predicted molar refractivity (Wildman–Crippen MR) is 119 cm³/mol. The van der Waals surface area contributed by atoms with E-state index in [0.717, 1.165) is 11.1 Å². The molecular formula is C23H19ClN4O3. The second kappa shape index (κ2) is 9.32. The minimum absolute atomic E-state index is 0.323. The van der Waals surface area contributed by atoms with Crippen molar-refractivity contribution in [2.24, 2.45) is 0 Å². The standard InChI is InChI=1S/C23H19ClN4O3/c1-30-21-8-7-18(11-22(21)31-14-15-4-3-9-25-13-15)26-23(29)20-12-19(27-28-20)16-5-2-6-17(24)10-16/h2-13H,14H2,1H3,(H,26,29)(H,27,28). The third kappa shape index (κ3) is 5.02. The van der Waals surface area contributed by atoms with Crippen molar-refractivity contribution in [1.29, 1.82) is 0 Å². The van der Waals surface area contributed by atoms with Gasteiger partial charge in [0.1, 0.15) is 12.3 Å². The molecule has 2 aromatic heterocycles. The lowest BCUT2D eigenvalue weighted by molar-refractivity contribution is 0.102. The number of benzene rings is 2. The third-order valence-corrected chi connectivity index (χ3v) is 4.72. The molecule has 4 rings (SSSR count). The molecule has 0 fully saturated rings. The van der Waals surface area contributed by atoms with Gasteiger partial charge in [0, 0.05) is 40.3 Å². The maximum absolute atomic E-state index is 12.7. The molecule has 7 nitrogen and oxygen atoms in total. The molecular weight excluding hydrogens is 416 g/mol. The molecule has 0 bridgehead atoms. The smallest absolute Gasteiger partial charge is 0.273 e. The van der Waals surface area contributed by atoms with Crippen molar-refractivity contribution >= 4 is 23.2 Å². The van der Waals surface area contributed by atoms with E-state index in [-0.39, 0.29) is 5.91 Å². The number of amides is 1. The highest BCUT2D eigenvalue weighted by Gasteiger charge is 2.13. The van der Waals surface area contributed by atoms with Crippen LogP contribution in [-0.4, -0.2) is 28.2 Å². The van der Waals surface area contributed by atoms with Gasteiger partial charge in [-0.1, -0.05) is 29.8 Å². The number of methoxy groups -OCH3 is 1. The fourth-order valence-electron chi connectivity index (χ4n) is 2.94. The van der Waals surface area contributed by atoms with Crippen LogP contribution in [-0.2, 0) is 6.61 Å². The number of hydrogen-bond acceptors (Lipinski definition) is 5. The lowest BCUT2D eigenvalue weighted by Crippen LogP contribution is -2.12. The molecule has 8 heteroatoms. The average molecular weight is 435 g/mol. The van der Waals surface area contributed by atoms with Gasteiger partial charge in [-0.05, 0) is 36.4 Å². The van der Waals surface area contributed by atoms with Crippen LogP contribution < -0.4 is 14.8 Å². The Morgan fingerprint density at radius 2 is 2.00 bits per heavy atom. The summed E-state index contributed by atoms with van der Waals surface area (Å²) >= 11 is 6.03. The van der Waals surface area contributed by atoms with Crippen LogP contribution in [0.2, 0.25) is 5.02 Å². The van der Waals surface area contributed by atoms with Crippen LogP contribution in [0.5, 0.6) is 11.5 Å². The SMILES string of the molecule is COc1ccc(NC(=O)c2cc(-c3cccc(Cl)c3)n[nH]2)cc1OCc1cccnc1. The number of nitrogens with zero attached hydrogens (tertiary/aromatic N) is 2. The second-order valence-corrected chi connectivity index (χ2v) is 7.08. The highest BCUT2D eigenvalue weighted by Crippen LogP contribution is 2.31. The summed E-state index contributed by atoms with van der Waals surface area (Å²) in [5, 5.41) is 10.4. The number of aromatic nitrogens is 3. The van der Waals surface area contributed by atoms with Crippen molar-refractivity contribution in [1.82, 2.24) is 15.2 Å². The predicted octanol–water partition coefficient (Wildman–Crippen LogP) is 4.97. The Hall–Kier alpha value is -3.84. The lowest BCUT2D eigenvalue weighted by atomic mass is 10.1. The Balaban J connectivity index is 1.48. The zero-order valence-corrected chi connectivity index (χ0v) is 17.4. The summed E-state index contributed by atoms with van der Waals surface area (Å²) in [6.07, 6.45) is 3.43. The van der Waals surface area contributed by atoms with Crippen molar-refractivity contribution in [3.05, 3.63) is 89.3 Å². The van der Waals surface area contributed by atoms with Gasteiger partial charge in [0.05, 0.1) is 12.8 Å². The molecule has 0 atom stereocenters. The molecule has 0 spiro atoms. The zero-order valence-electron chi connectivity index (χ0n) is 16.6. The number of carbonyl (C=O) groups is 1. The first kappa shape index (κ1) is 20.4. The van der Waals surface area contributed by atoms with Crippen LogP contribution in [0.15, 0.2) is 73.1 Å². The molecule has 2 heterocycles. The first-order valence-corrected chi connectivity index (χ1v) is 9.82. The second-order valence-electron chi connectivity index (χ2n) is 6.65. The molecule has 31 heavy (non-hydrogen) atoms. The van der Waals surface area contributed by atoms with Crippen LogP contribution in [0.1, 0.15) is 16.1 Å². The molecule has 0 saturated carbocycles. The lowest BCUT2D eigenvalue weighted by Gasteiger charge is -2.12. The largest absolute Gasteiger partial charge is 0.493 e. The molecule has 0 unspecified atom stereocenters. The quantitative estimate of drug-likeness (QED) is 0.429. The van der Waals surface area contributed by atoms with Crippen molar-refractivity contribution in [3.8, 4) is 22.8 Å². The van der Waals surface area contributed by atoms with E-state index < -0.39 is 0 Å². The summed E-state index contributed by atoms with van der Waals surface area (Å²) < 4.78 is 11.2. The van der Waals surface area contributed by atoms with Gasteiger partial charge in [-0.3, -0.25) is 14.9 Å².